The van der Waals surface area contributed by atoms with Gasteiger partial charge in [0, 0.05) is 12.1 Å². The number of alkyl halides is 3. The van der Waals surface area contributed by atoms with Crippen molar-refractivity contribution in [2.45, 2.75) is 26.3 Å². The molecule has 1 atom stereocenters. The van der Waals surface area contributed by atoms with Crippen molar-refractivity contribution in [1.82, 2.24) is 5.32 Å². The number of aliphatic hydroxyl groups excluding tert-OH is 1. The van der Waals surface area contributed by atoms with Gasteiger partial charge in [-0.15, -0.1) is 13.2 Å². The van der Waals surface area contributed by atoms with Crippen LogP contribution in [0.1, 0.15) is 25.5 Å². The molecule has 1 aromatic rings. The number of ether oxygens (including phenoxy) is 1. The summed E-state index contributed by atoms with van der Waals surface area (Å²) < 4.78 is 40.6. The lowest BCUT2D eigenvalue weighted by atomic mass is 10.1. The zero-order valence-electron chi connectivity index (χ0n) is 10.9. The first kappa shape index (κ1) is 15.8. The van der Waals surface area contributed by atoms with Gasteiger partial charge < -0.3 is 15.2 Å². The number of hydrogen-bond acceptors (Lipinski definition) is 3. The minimum absolute atomic E-state index is 0.121. The zero-order chi connectivity index (χ0) is 14.5. The highest BCUT2D eigenvalue weighted by Crippen LogP contribution is 2.29. The summed E-state index contributed by atoms with van der Waals surface area (Å²) in [6.07, 6.45) is -5.81. The minimum Gasteiger partial charge on any atom is -0.405 e. The summed E-state index contributed by atoms with van der Waals surface area (Å²) in [6.45, 7) is 4.86. The van der Waals surface area contributed by atoms with Crippen LogP contribution in [0.4, 0.5) is 13.2 Å². The number of nitrogens with one attached hydrogen (secondary N) is 1. The standard InChI is InChI=1S/C13H18F3NO2/c1-9(2)7-17-8-11(18)10-5-3-4-6-12(10)19-13(14,15)16/h3-6,9,11,17-18H,7-8H2,1-2H3. The molecule has 0 saturated heterocycles. The Labute approximate surface area is 110 Å². The highest BCUT2D eigenvalue weighted by molar-refractivity contribution is 5.35. The monoisotopic (exact) mass is 277 g/mol. The van der Waals surface area contributed by atoms with E-state index < -0.39 is 12.5 Å². The van der Waals surface area contributed by atoms with E-state index in [1.54, 1.807) is 6.07 Å². The predicted molar refractivity (Wildman–Crippen MR) is 65.8 cm³/mol. The lowest BCUT2D eigenvalue weighted by Gasteiger charge is -2.18. The molecule has 0 amide bonds. The first-order valence-corrected chi connectivity index (χ1v) is 6.03. The van der Waals surface area contributed by atoms with Crippen molar-refractivity contribution in [1.29, 1.82) is 0 Å². The van der Waals surface area contributed by atoms with Gasteiger partial charge in [-0.3, -0.25) is 0 Å². The molecule has 0 fully saturated rings. The van der Waals surface area contributed by atoms with Gasteiger partial charge in [0.15, 0.2) is 0 Å². The molecule has 0 aliphatic heterocycles. The van der Waals surface area contributed by atoms with E-state index in [1.807, 2.05) is 13.8 Å². The first-order chi connectivity index (χ1) is 8.79. The van der Waals surface area contributed by atoms with Crippen LogP contribution in [-0.4, -0.2) is 24.6 Å². The van der Waals surface area contributed by atoms with Crippen molar-refractivity contribution in [3.63, 3.8) is 0 Å². The van der Waals surface area contributed by atoms with Crippen LogP contribution < -0.4 is 10.1 Å². The highest BCUT2D eigenvalue weighted by atomic mass is 19.4. The lowest BCUT2D eigenvalue weighted by molar-refractivity contribution is -0.275. The topological polar surface area (TPSA) is 41.5 Å². The second-order valence-electron chi connectivity index (χ2n) is 4.65. The number of halogens is 3. The maximum absolute atomic E-state index is 12.2. The van der Waals surface area contributed by atoms with Crippen molar-refractivity contribution < 1.29 is 23.0 Å². The van der Waals surface area contributed by atoms with E-state index in [9.17, 15) is 18.3 Å². The van der Waals surface area contributed by atoms with E-state index in [0.29, 0.717) is 12.5 Å². The number of para-hydroxylation sites is 1. The fraction of sp³-hybridized carbons (Fsp3) is 0.538. The number of hydrogen-bond donors (Lipinski definition) is 2. The Morgan fingerprint density at radius 3 is 2.42 bits per heavy atom. The Balaban J connectivity index is 2.70. The normalized spacial score (nSPS) is 13.6. The van der Waals surface area contributed by atoms with Crippen LogP contribution in [0.5, 0.6) is 5.75 Å². The van der Waals surface area contributed by atoms with Gasteiger partial charge in [-0.25, -0.2) is 0 Å². The third-order valence-electron chi connectivity index (χ3n) is 2.39. The molecule has 0 radical (unpaired) electrons. The summed E-state index contributed by atoms with van der Waals surface area (Å²) in [5, 5.41) is 12.9. The van der Waals surface area contributed by atoms with Crippen LogP contribution in [0.15, 0.2) is 24.3 Å². The van der Waals surface area contributed by atoms with E-state index in [0.717, 1.165) is 0 Å². The molecular weight excluding hydrogens is 259 g/mol. The summed E-state index contributed by atoms with van der Waals surface area (Å²) in [5.41, 5.74) is 0.121. The Morgan fingerprint density at radius 1 is 1.21 bits per heavy atom. The Kier molecular flexibility index (Phi) is 5.62. The van der Waals surface area contributed by atoms with Gasteiger partial charge in [0.25, 0.3) is 0 Å². The van der Waals surface area contributed by atoms with Gasteiger partial charge in [-0.2, -0.15) is 0 Å². The quantitative estimate of drug-likeness (QED) is 0.840. The van der Waals surface area contributed by atoms with Gasteiger partial charge in [-0.1, -0.05) is 32.0 Å². The highest BCUT2D eigenvalue weighted by Gasteiger charge is 2.32. The maximum Gasteiger partial charge on any atom is 0.573 e. The van der Waals surface area contributed by atoms with Crippen molar-refractivity contribution in [2.75, 3.05) is 13.1 Å². The summed E-state index contributed by atoms with van der Waals surface area (Å²) >= 11 is 0. The van der Waals surface area contributed by atoms with Crippen LogP contribution in [-0.2, 0) is 0 Å². The molecule has 3 nitrogen and oxygen atoms in total. The summed E-state index contributed by atoms with van der Waals surface area (Å²) in [7, 11) is 0. The molecule has 0 saturated carbocycles. The van der Waals surface area contributed by atoms with E-state index in [-0.39, 0.29) is 17.9 Å². The summed E-state index contributed by atoms with van der Waals surface area (Å²) in [5.74, 6) is 0.0303. The zero-order valence-corrected chi connectivity index (χ0v) is 10.9. The molecule has 0 aliphatic carbocycles. The molecule has 2 N–H and O–H groups in total. The van der Waals surface area contributed by atoms with Gasteiger partial charge >= 0.3 is 6.36 Å². The molecule has 19 heavy (non-hydrogen) atoms. The third kappa shape index (κ3) is 5.94. The molecular formula is C13H18F3NO2. The number of aliphatic hydroxyl groups is 1. The van der Waals surface area contributed by atoms with E-state index in [2.05, 4.69) is 10.1 Å². The maximum atomic E-state index is 12.2. The summed E-state index contributed by atoms with van der Waals surface area (Å²) in [6, 6.07) is 5.60. The fourth-order valence-electron chi connectivity index (χ4n) is 1.59. The molecule has 1 rings (SSSR count). The average Bonchev–Trinajstić information content (AvgIpc) is 2.26. The fourth-order valence-corrected chi connectivity index (χ4v) is 1.59. The first-order valence-electron chi connectivity index (χ1n) is 6.03. The van der Waals surface area contributed by atoms with Crippen molar-refractivity contribution >= 4 is 0 Å². The summed E-state index contributed by atoms with van der Waals surface area (Å²) in [4.78, 5) is 0. The van der Waals surface area contributed by atoms with E-state index >= 15 is 0 Å². The number of rotatable bonds is 6. The van der Waals surface area contributed by atoms with Crippen LogP contribution in [0.25, 0.3) is 0 Å². The SMILES string of the molecule is CC(C)CNCC(O)c1ccccc1OC(F)(F)F. The van der Waals surface area contributed by atoms with Crippen LogP contribution in [0.3, 0.4) is 0 Å². The van der Waals surface area contributed by atoms with Crippen molar-refractivity contribution in [3.05, 3.63) is 29.8 Å². The molecule has 0 bridgehead atoms. The average molecular weight is 277 g/mol. The Bertz CT molecular complexity index is 394. The smallest absolute Gasteiger partial charge is 0.405 e. The van der Waals surface area contributed by atoms with Crippen molar-refractivity contribution in [3.8, 4) is 5.75 Å². The molecule has 1 aromatic carbocycles. The molecule has 0 heterocycles. The van der Waals surface area contributed by atoms with Gasteiger partial charge in [0.1, 0.15) is 5.75 Å². The molecule has 108 valence electrons. The Hall–Kier alpha value is -1.27. The van der Waals surface area contributed by atoms with Gasteiger partial charge in [0.2, 0.25) is 0 Å². The molecule has 0 aromatic heterocycles. The Morgan fingerprint density at radius 2 is 1.84 bits per heavy atom. The van der Waals surface area contributed by atoms with E-state index in [4.69, 9.17) is 0 Å². The molecule has 1 unspecified atom stereocenters. The molecule has 6 heteroatoms. The van der Waals surface area contributed by atoms with Crippen molar-refractivity contribution in [2.24, 2.45) is 5.92 Å². The van der Waals surface area contributed by atoms with Crippen LogP contribution in [0, 0.1) is 5.92 Å². The van der Waals surface area contributed by atoms with E-state index in [1.165, 1.54) is 18.2 Å². The number of benzene rings is 1. The van der Waals surface area contributed by atoms with Crippen LogP contribution >= 0.6 is 0 Å². The minimum atomic E-state index is -4.76. The second kappa shape index (κ2) is 6.77. The largest absolute Gasteiger partial charge is 0.573 e. The van der Waals surface area contributed by atoms with Crippen LogP contribution in [0.2, 0.25) is 0 Å². The van der Waals surface area contributed by atoms with Gasteiger partial charge in [-0.05, 0) is 18.5 Å². The lowest BCUT2D eigenvalue weighted by Crippen LogP contribution is -2.26. The predicted octanol–water partition coefficient (Wildman–Crippen LogP) is 2.86. The van der Waals surface area contributed by atoms with Gasteiger partial charge in [0.05, 0.1) is 6.10 Å². The third-order valence-corrected chi connectivity index (χ3v) is 2.39. The molecule has 0 aliphatic rings. The molecule has 0 spiro atoms. The second-order valence-corrected chi connectivity index (χ2v) is 4.65.